The van der Waals surface area contributed by atoms with Crippen LogP contribution in [0.4, 0.5) is 5.82 Å². The quantitative estimate of drug-likeness (QED) is 0.688. The van der Waals surface area contributed by atoms with Crippen molar-refractivity contribution in [1.82, 2.24) is 9.38 Å². The van der Waals surface area contributed by atoms with Gasteiger partial charge in [0.25, 0.3) is 0 Å². The predicted molar refractivity (Wildman–Crippen MR) is 49.0 cm³/mol. The normalized spacial score (nSPS) is 10.8. The second kappa shape index (κ2) is 2.52. The number of aryl methyl sites for hydroxylation is 1. The van der Waals surface area contributed by atoms with E-state index in [1.165, 1.54) is 0 Å². The molecule has 0 saturated heterocycles. The molecule has 0 aliphatic carbocycles. The molecule has 3 nitrogen and oxygen atoms in total. The van der Waals surface area contributed by atoms with Gasteiger partial charge in [-0.05, 0) is 12.1 Å². The highest BCUT2D eigenvalue weighted by atomic mass is 15.1. The molecular weight excluding hydrogens is 150 g/mol. The Morgan fingerprint density at radius 3 is 3.08 bits per heavy atom. The number of aromatic nitrogens is 2. The third-order valence-corrected chi connectivity index (χ3v) is 1.97. The molecule has 0 atom stereocenters. The second-order valence-corrected chi connectivity index (χ2v) is 2.72. The van der Waals surface area contributed by atoms with Gasteiger partial charge < -0.3 is 10.1 Å². The van der Waals surface area contributed by atoms with Gasteiger partial charge in [-0.1, -0.05) is 13.0 Å². The first kappa shape index (κ1) is 7.16. The fraction of sp³-hybridized carbons (Fsp3) is 0.222. The lowest BCUT2D eigenvalue weighted by atomic mass is 10.4. The summed E-state index contributed by atoms with van der Waals surface area (Å²) in [7, 11) is 0. The van der Waals surface area contributed by atoms with Crippen LogP contribution in [0.2, 0.25) is 0 Å². The van der Waals surface area contributed by atoms with E-state index in [9.17, 15) is 0 Å². The van der Waals surface area contributed by atoms with Crippen molar-refractivity contribution in [3.63, 3.8) is 0 Å². The Morgan fingerprint density at radius 1 is 1.50 bits per heavy atom. The molecule has 12 heavy (non-hydrogen) atoms. The lowest BCUT2D eigenvalue weighted by molar-refractivity contribution is 0.934. The Bertz CT molecular complexity index is 403. The standard InChI is InChI=1S/C9H11N3/c1-2-8-11-9(10)7-5-3-4-6-12(7)8/h3-6H,2,10H2,1H3. The summed E-state index contributed by atoms with van der Waals surface area (Å²) in [6.07, 6.45) is 2.89. The zero-order chi connectivity index (χ0) is 8.55. The van der Waals surface area contributed by atoms with Gasteiger partial charge in [0.1, 0.15) is 11.6 Å². The molecule has 0 spiro atoms. The number of imidazole rings is 1. The van der Waals surface area contributed by atoms with Crippen LogP contribution in [0.25, 0.3) is 5.52 Å². The Morgan fingerprint density at radius 2 is 2.33 bits per heavy atom. The largest absolute Gasteiger partial charge is 0.382 e. The highest BCUT2D eigenvalue weighted by molar-refractivity contribution is 5.66. The number of nitrogen functional groups attached to an aromatic ring is 1. The van der Waals surface area contributed by atoms with Crippen LogP contribution in [-0.4, -0.2) is 9.38 Å². The summed E-state index contributed by atoms with van der Waals surface area (Å²) < 4.78 is 2.02. The maximum Gasteiger partial charge on any atom is 0.149 e. The number of nitrogens with zero attached hydrogens (tertiary/aromatic N) is 2. The maximum absolute atomic E-state index is 5.72. The molecule has 0 saturated carbocycles. The number of pyridine rings is 1. The molecule has 3 heteroatoms. The fourth-order valence-electron chi connectivity index (χ4n) is 1.38. The van der Waals surface area contributed by atoms with Crippen molar-refractivity contribution in [2.24, 2.45) is 0 Å². The van der Waals surface area contributed by atoms with Gasteiger partial charge in [-0.25, -0.2) is 4.98 Å². The zero-order valence-corrected chi connectivity index (χ0v) is 6.99. The fourth-order valence-corrected chi connectivity index (χ4v) is 1.38. The van der Waals surface area contributed by atoms with E-state index in [2.05, 4.69) is 11.9 Å². The van der Waals surface area contributed by atoms with Gasteiger partial charge >= 0.3 is 0 Å². The number of nitrogens with two attached hydrogens (primary N) is 1. The number of rotatable bonds is 1. The van der Waals surface area contributed by atoms with Gasteiger partial charge in [0, 0.05) is 12.6 Å². The average Bonchev–Trinajstić information content (AvgIpc) is 2.44. The van der Waals surface area contributed by atoms with Crippen molar-refractivity contribution in [3.8, 4) is 0 Å². The van der Waals surface area contributed by atoms with E-state index in [1.807, 2.05) is 28.8 Å². The molecule has 62 valence electrons. The SMILES string of the molecule is CCc1nc(N)c2ccccn12. The first-order valence-corrected chi connectivity index (χ1v) is 4.04. The zero-order valence-electron chi connectivity index (χ0n) is 6.99. The van der Waals surface area contributed by atoms with E-state index in [0.717, 1.165) is 17.8 Å². The third-order valence-electron chi connectivity index (χ3n) is 1.97. The molecule has 0 amide bonds. The third kappa shape index (κ3) is 0.863. The second-order valence-electron chi connectivity index (χ2n) is 2.72. The Hall–Kier alpha value is -1.51. The summed E-state index contributed by atoms with van der Waals surface area (Å²) in [6.45, 7) is 2.07. The maximum atomic E-state index is 5.72. The first-order chi connectivity index (χ1) is 5.83. The molecule has 2 aromatic heterocycles. The van der Waals surface area contributed by atoms with Crippen LogP contribution in [0, 0.1) is 0 Å². The predicted octanol–water partition coefficient (Wildman–Crippen LogP) is 1.48. The van der Waals surface area contributed by atoms with Crippen LogP contribution in [-0.2, 0) is 6.42 Å². The summed E-state index contributed by atoms with van der Waals surface area (Å²) in [4.78, 5) is 4.25. The van der Waals surface area contributed by atoms with Crippen LogP contribution >= 0.6 is 0 Å². The van der Waals surface area contributed by atoms with E-state index in [0.29, 0.717) is 5.82 Å². The number of anilines is 1. The smallest absolute Gasteiger partial charge is 0.149 e. The van der Waals surface area contributed by atoms with E-state index in [-0.39, 0.29) is 0 Å². The van der Waals surface area contributed by atoms with Crippen LogP contribution in [0.1, 0.15) is 12.7 Å². The molecule has 0 aromatic carbocycles. The van der Waals surface area contributed by atoms with Crippen molar-refractivity contribution >= 4 is 11.3 Å². The molecule has 0 unspecified atom stereocenters. The Labute approximate surface area is 70.8 Å². The number of hydrogen-bond acceptors (Lipinski definition) is 2. The van der Waals surface area contributed by atoms with Crippen molar-refractivity contribution < 1.29 is 0 Å². The number of hydrogen-bond donors (Lipinski definition) is 1. The summed E-state index contributed by atoms with van der Waals surface area (Å²) in [6, 6.07) is 5.92. The molecule has 0 fully saturated rings. The van der Waals surface area contributed by atoms with E-state index in [4.69, 9.17) is 5.73 Å². The highest BCUT2D eigenvalue weighted by Crippen LogP contribution is 2.14. The van der Waals surface area contributed by atoms with Gasteiger partial charge in [0.2, 0.25) is 0 Å². The van der Waals surface area contributed by atoms with Crippen molar-refractivity contribution in [3.05, 3.63) is 30.2 Å². The van der Waals surface area contributed by atoms with E-state index >= 15 is 0 Å². The molecule has 2 heterocycles. The van der Waals surface area contributed by atoms with Crippen LogP contribution in [0.15, 0.2) is 24.4 Å². The lowest BCUT2D eigenvalue weighted by Crippen LogP contribution is -1.90. The van der Waals surface area contributed by atoms with Crippen LogP contribution in [0.5, 0.6) is 0 Å². The minimum Gasteiger partial charge on any atom is -0.382 e. The van der Waals surface area contributed by atoms with E-state index < -0.39 is 0 Å². The van der Waals surface area contributed by atoms with Crippen LogP contribution in [0.3, 0.4) is 0 Å². The van der Waals surface area contributed by atoms with Crippen molar-refractivity contribution in [2.75, 3.05) is 5.73 Å². The minimum absolute atomic E-state index is 0.618. The topological polar surface area (TPSA) is 43.3 Å². The summed E-state index contributed by atoms with van der Waals surface area (Å²) in [5.74, 6) is 1.63. The summed E-state index contributed by atoms with van der Waals surface area (Å²) >= 11 is 0. The van der Waals surface area contributed by atoms with E-state index in [1.54, 1.807) is 0 Å². The average molecular weight is 161 g/mol. The van der Waals surface area contributed by atoms with Gasteiger partial charge in [-0.15, -0.1) is 0 Å². The molecule has 0 aliphatic rings. The van der Waals surface area contributed by atoms with Gasteiger partial charge in [0.15, 0.2) is 0 Å². The highest BCUT2D eigenvalue weighted by Gasteiger charge is 2.04. The van der Waals surface area contributed by atoms with Gasteiger partial charge in [0.05, 0.1) is 5.52 Å². The minimum atomic E-state index is 0.618. The summed E-state index contributed by atoms with van der Waals surface area (Å²) in [5.41, 5.74) is 6.72. The molecule has 0 bridgehead atoms. The number of fused-ring (bicyclic) bond motifs is 1. The first-order valence-electron chi connectivity index (χ1n) is 4.04. The molecular formula is C9H11N3. The molecule has 2 N–H and O–H groups in total. The summed E-state index contributed by atoms with van der Waals surface area (Å²) in [5, 5.41) is 0. The monoisotopic (exact) mass is 161 g/mol. The lowest BCUT2D eigenvalue weighted by Gasteiger charge is -1.95. The Kier molecular flexibility index (Phi) is 1.50. The molecule has 0 aliphatic heterocycles. The van der Waals surface area contributed by atoms with Crippen LogP contribution < -0.4 is 5.73 Å². The van der Waals surface area contributed by atoms with Gasteiger partial charge in [-0.2, -0.15) is 0 Å². The van der Waals surface area contributed by atoms with Crippen molar-refractivity contribution in [2.45, 2.75) is 13.3 Å². The van der Waals surface area contributed by atoms with Gasteiger partial charge in [-0.3, -0.25) is 0 Å². The molecule has 0 radical (unpaired) electrons. The molecule has 2 rings (SSSR count). The Balaban J connectivity index is 2.82. The molecule has 2 aromatic rings. The van der Waals surface area contributed by atoms with Crippen molar-refractivity contribution in [1.29, 1.82) is 0 Å².